The molecule has 0 rings (SSSR count). The van der Waals surface area contributed by atoms with Crippen LogP contribution >= 0.6 is 0 Å². The summed E-state index contributed by atoms with van der Waals surface area (Å²) >= 11 is 0. The minimum absolute atomic E-state index is 0.310. The maximum absolute atomic E-state index is 11.7. The van der Waals surface area contributed by atoms with E-state index in [2.05, 4.69) is 10.6 Å². The van der Waals surface area contributed by atoms with Gasteiger partial charge in [0.25, 0.3) is 0 Å². The molecule has 5 amide bonds. The first-order chi connectivity index (χ1) is 10.0. The first-order valence-corrected chi connectivity index (χ1v) is 7.18. The lowest BCUT2D eigenvalue weighted by Gasteiger charge is -2.27. The zero-order valence-corrected chi connectivity index (χ0v) is 13.6. The third kappa shape index (κ3) is 6.55. The predicted molar refractivity (Wildman–Crippen MR) is 80.2 cm³/mol. The molecular formula is C14H25N3O5. The highest BCUT2D eigenvalue weighted by Crippen LogP contribution is 2.19. The van der Waals surface area contributed by atoms with Crippen LogP contribution in [0.2, 0.25) is 0 Å². The number of rotatable bonds is 5. The number of carbonyl (C=O) groups excluding carboxylic acids is 3. The lowest BCUT2D eigenvalue weighted by atomic mass is 9.87. The molecular weight excluding hydrogens is 290 g/mol. The number of hydrogen-bond acceptors (Lipinski definition) is 4. The SMILES string of the molecule is CCC(CC)C(=O)NC(=O)NC(=O)NC(C(=O)O)C(C)(C)C. The van der Waals surface area contributed by atoms with Gasteiger partial charge in [-0.3, -0.25) is 15.4 Å². The maximum atomic E-state index is 11.7. The molecule has 0 spiro atoms. The summed E-state index contributed by atoms with van der Waals surface area (Å²) in [7, 11) is 0. The molecule has 1 atom stereocenters. The van der Waals surface area contributed by atoms with Crippen molar-refractivity contribution in [3.63, 3.8) is 0 Å². The lowest BCUT2D eigenvalue weighted by molar-refractivity contribution is -0.142. The van der Waals surface area contributed by atoms with Gasteiger partial charge < -0.3 is 10.4 Å². The molecule has 8 nitrogen and oxygen atoms in total. The number of imide groups is 2. The molecule has 8 heteroatoms. The van der Waals surface area contributed by atoms with Crippen LogP contribution in [0.1, 0.15) is 47.5 Å². The second-order valence-corrected chi connectivity index (χ2v) is 6.07. The zero-order valence-electron chi connectivity index (χ0n) is 13.6. The van der Waals surface area contributed by atoms with Crippen LogP contribution in [0, 0.1) is 11.3 Å². The van der Waals surface area contributed by atoms with Crippen LogP contribution < -0.4 is 16.0 Å². The molecule has 0 saturated heterocycles. The van der Waals surface area contributed by atoms with Crippen molar-refractivity contribution in [3.05, 3.63) is 0 Å². The Morgan fingerprint density at radius 1 is 0.955 bits per heavy atom. The lowest BCUT2D eigenvalue weighted by Crippen LogP contribution is -2.55. The van der Waals surface area contributed by atoms with Crippen molar-refractivity contribution in [2.75, 3.05) is 0 Å². The summed E-state index contributed by atoms with van der Waals surface area (Å²) < 4.78 is 0. The summed E-state index contributed by atoms with van der Waals surface area (Å²) in [5.41, 5.74) is -0.731. The average Bonchev–Trinajstić information content (AvgIpc) is 2.35. The Morgan fingerprint density at radius 3 is 1.82 bits per heavy atom. The molecule has 0 aromatic heterocycles. The summed E-state index contributed by atoms with van der Waals surface area (Å²) in [6.07, 6.45) is 1.15. The van der Waals surface area contributed by atoms with Crippen molar-refractivity contribution in [2.24, 2.45) is 11.3 Å². The predicted octanol–water partition coefficient (Wildman–Crippen LogP) is 1.46. The first kappa shape index (κ1) is 19.9. The molecule has 0 heterocycles. The number of aliphatic carboxylic acids is 1. The van der Waals surface area contributed by atoms with Crippen LogP contribution in [0.5, 0.6) is 0 Å². The van der Waals surface area contributed by atoms with Gasteiger partial charge in [0.2, 0.25) is 5.91 Å². The van der Waals surface area contributed by atoms with Crippen LogP contribution in [0.4, 0.5) is 9.59 Å². The highest BCUT2D eigenvalue weighted by Gasteiger charge is 2.33. The maximum Gasteiger partial charge on any atom is 0.329 e. The molecule has 0 radical (unpaired) electrons. The number of carboxylic acids is 1. The van der Waals surface area contributed by atoms with Gasteiger partial charge in [-0.2, -0.15) is 0 Å². The monoisotopic (exact) mass is 315 g/mol. The standard InChI is InChI=1S/C14H25N3O5/c1-6-8(7-2)10(18)16-13(22)17-12(21)15-9(11(19)20)14(3,4)5/h8-9H,6-7H2,1-5H3,(H,19,20)(H3,15,16,17,18,21,22). The molecule has 0 saturated carbocycles. The fraction of sp³-hybridized carbons (Fsp3) is 0.714. The van der Waals surface area contributed by atoms with E-state index in [1.807, 2.05) is 19.2 Å². The summed E-state index contributed by atoms with van der Waals surface area (Å²) in [4.78, 5) is 46.0. The Kier molecular flexibility index (Phi) is 7.55. The van der Waals surface area contributed by atoms with Crippen molar-refractivity contribution >= 4 is 23.9 Å². The smallest absolute Gasteiger partial charge is 0.329 e. The molecule has 0 aromatic carbocycles. The Labute approximate surface area is 130 Å². The summed E-state index contributed by atoms with van der Waals surface area (Å²) in [5, 5.41) is 15.2. The number of carboxylic acid groups (broad SMARTS) is 1. The van der Waals surface area contributed by atoms with Gasteiger partial charge in [0, 0.05) is 5.92 Å². The van der Waals surface area contributed by atoms with E-state index in [9.17, 15) is 19.2 Å². The zero-order chi connectivity index (χ0) is 17.5. The van der Waals surface area contributed by atoms with Gasteiger partial charge in [-0.05, 0) is 18.3 Å². The van der Waals surface area contributed by atoms with E-state index in [0.29, 0.717) is 12.8 Å². The van der Waals surface area contributed by atoms with Crippen LogP contribution in [0.25, 0.3) is 0 Å². The Bertz CT molecular complexity index is 438. The Hall–Kier alpha value is -2.12. The number of urea groups is 2. The van der Waals surface area contributed by atoms with Crippen molar-refractivity contribution in [3.8, 4) is 0 Å². The Balaban J connectivity index is 4.57. The number of nitrogens with one attached hydrogen (secondary N) is 3. The van der Waals surface area contributed by atoms with Gasteiger partial charge in [-0.25, -0.2) is 14.4 Å². The van der Waals surface area contributed by atoms with E-state index >= 15 is 0 Å². The Morgan fingerprint density at radius 2 is 1.45 bits per heavy atom. The summed E-state index contributed by atoms with van der Waals surface area (Å²) in [5.74, 6) is -1.99. The minimum Gasteiger partial charge on any atom is -0.480 e. The second kappa shape index (κ2) is 8.35. The molecule has 0 aromatic rings. The highest BCUT2D eigenvalue weighted by atomic mass is 16.4. The number of amides is 5. The third-order valence-electron chi connectivity index (χ3n) is 3.21. The van der Waals surface area contributed by atoms with Gasteiger partial charge in [0.1, 0.15) is 6.04 Å². The van der Waals surface area contributed by atoms with E-state index in [1.165, 1.54) is 0 Å². The normalized spacial score (nSPS) is 12.5. The largest absolute Gasteiger partial charge is 0.480 e. The number of carbonyl (C=O) groups is 4. The first-order valence-electron chi connectivity index (χ1n) is 7.18. The van der Waals surface area contributed by atoms with Gasteiger partial charge in [0.15, 0.2) is 0 Å². The van der Waals surface area contributed by atoms with E-state index < -0.39 is 35.4 Å². The average molecular weight is 315 g/mol. The summed E-state index contributed by atoms with van der Waals surface area (Å²) in [6.45, 7) is 8.56. The summed E-state index contributed by atoms with van der Waals surface area (Å²) in [6, 6.07) is -3.13. The number of hydrogen-bond donors (Lipinski definition) is 4. The van der Waals surface area contributed by atoms with E-state index in [-0.39, 0.29) is 5.92 Å². The third-order valence-corrected chi connectivity index (χ3v) is 3.21. The quantitative estimate of drug-likeness (QED) is 0.611. The van der Waals surface area contributed by atoms with Crippen LogP contribution in [-0.2, 0) is 9.59 Å². The highest BCUT2D eigenvalue weighted by molar-refractivity contribution is 6.02. The molecule has 4 N–H and O–H groups in total. The minimum atomic E-state index is -1.21. The molecule has 0 bridgehead atoms. The molecule has 22 heavy (non-hydrogen) atoms. The fourth-order valence-electron chi connectivity index (χ4n) is 1.82. The van der Waals surface area contributed by atoms with Crippen LogP contribution in [0.3, 0.4) is 0 Å². The van der Waals surface area contributed by atoms with Crippen molar-refractivity contribution in [1.29, 1.82) is 0 Å². The molecule has 0 aliphatic carbocycles. The van der Waals surface area contributed by atoms with Crippen molar-refractivity contribution in [1.82, 2.24) is 16.0 Å². The van der Waals surface area contributed by atoms with E-state index in [4.69, 9.17) is 5.11 Å². The van der Waals surface area contributed by atoms with Gasteiger partial charge in [0.05, 0.1) is 0 Å². The van der Waals surface area contributed by atoms with Gasteiger partial charge in [-0.15, -0.1) is 0 Å². The topological polar surface area (TPSA) is 125 Å². The molecule has 1 unspecified atom stereocenters. The molecule has 0 fully saturated rings. The van der Waals surface area contributed by atoms with Gasteiger partial charge >= 0.3 is 18.0 Å². The molecule has 0 aliphatic heterocycles. The van der Waals surface area contributed by atoms with Crippen molar-refractivity contribution in [2.45, 2.75) is 53.5 Å². The second-order valence-electron chi connectivity index (χ2n) is 6.07. The van der Waals surface area contributed by atoms with Crippen LogP contribution in [-0.4, -0.2) is 35.1 Å². The molecule has 126 valence electrons. The van der Waals surface area contributed by atoms with E-state index in [0.717, 1.165) is 0 Å². The van der Waals surface area contributed by atoms with Crippen molar-refractivity contribution < 1.29 is 24.3 Å². The molecule has 0 aliphatic rings. The van der Waals surface area contributed by atoms with E-state index in [1.54, 1.807) is 20.8 Å². The van der Waals surface area contributed by atoms with Crippen LogP contribution in [0.15, 0.2) is 0 Å². The van der Waals surface area contributed by atoms with Gasteiger partial charge in [-0.1, -0.05) is 34.6 Å². The fourth-order valence-corrected chi connectivity index (χ4v) is 1.82.